The van der Waals surface area contributed by atoms with E-state index in [2.05, 4.69) is 0 Å². The highest BCUT2D eigenvalue weighted by atomic mass is 32.3. The van der Waals surface area contributed by atoms with Crippen molar-refractivity contribution < 1.29 is 27.4 Å². The summed E-state index contributed by atoms with van der Waals surface area (Å²) in [6, 6.07) is 5.52. The molecule has 6 nitrogen and oxygen atoms in total. The van der Waals surface area contributed by atoms with Gasteiger partial charge in [-0.25, -0.2) is 4.18 Å². The van der Waals surface area contributed by atoms with Crippen LogP contribution in [0.2, 0.25) is 0 Å². The molecule has 25 heavy (non-hydrogen) atoms. The van der Waals surface area contributed by atoms with Crippen LogP contribution in [0.1, 0.15) is 49.7 Å². The highest BCUT2D eigenvalue weighted by Gasteiger charge is 2.60. The highest BCUT2D eigenvalue weighted by molar-refractivity contribution is 7.80. The molecule has 0 spiro atoms. The molecule has 6 atom stereocenters. The van der Waals surface area contributed by atoms with Gasteiger partial charge in [-0.3, -0.25) is 4.55 Å². The van der Waals surface area contributed by atoms with Crippen molar-refractivity contribution in [2.45, 2.75) is 57.2 Å². The lowest BCUT2D eigenvalue weighted by Gasteiger charge is -2.50. The topological polar surface area (TPSA) is 104 Å². The largest absolute Gasteiger partial charge is 0.508 e. The van der Waals surface area contributed by atoms with Crippen molar-refractivity contribution in [3.05, 3.63) is 29.3 Å². The zero-order valence-corrected chi connectivity index (χ0v) is 14.9. The van der Waals surface area contributed by atoms with Crippen LogP contribution in [0, 0.1) is 17.3 Å². The third kappa shape index (κ3) is 2.77. The standard InChI is InChI=1S/C18H24O6S/c1-18-7-6-13-12-5-3-11(19)8-10(12)2-4-14(13)17(18)15(20)9-16(18)24-25(21,22)23/h3,5,8,13-17,19-20H,2,4,6-7,9H2,1H3,(H,21,22,23)/t13-,14-,15-,16+,17-,18-/m1/s1. The van der Waals surface area contributed by atoms with Crippen LogP contribution in [0.15, 0.2) is 18.2 Å². The second-order valence-electron chi connectivity index (χ2n) is 8.08. The van der Waals surface area contributed by atoms with E-state index in [1.54, 1.807) is 6.07 Å². The van der Waals surface area contributed by atoms with Gasteiger partial charge < -0.3 is 10.2 Å². The fraction of sp³-hybridized carbons (Fsp3) is 0.667. The lowest BCUT2D eigenvalue weighted by Crippen LogP contribution is -2.47. The Hall–Kier alpha value is -1.15. The second-order valence-corrected chi connectivity index (χ2v) is 9.13. The molecule has 2 saturated carbocycles. The predicted molar refractivity (Wildman–Crippen MR) is 90.5 cm³/mol. The SMILES string of the molecule is C[C@]12CC[C@@H]3c4ccc(O)cc4CC[C@H]3[C@@H]1[C@H](O)C[C@@H]2OS(=O)(=O)O. The molecule has 0 radical (unpaired) electrons. The zero-order chi connectivity index (χ0) is 18.0. The van der Waals surface area contributed by atoms with Gasteiger partial charge in [0.2, 0.25) is 0 Å². The van der Waals surface area contributed by atoms with Crippen molar-refractivity contribution in [2.75, 3.05) is 0 Å². The minimum atomic E-state index is -4.54. The summed E-state index contributed by atoms with van der Waals surface area (Å²) in [4.78, 5) is 0. The Morgan fingerprint density at radius 2 is 2.04 bits per heavy atom. The number of hydrogen-bond acceptors (Lipinski definition) is 5. The smallest absolute Gasteiger partial charge is 0.397 e. The van der Waals surface area contributed by atoms with E-state index in [0.717, 1.165) is 25.7 Å². The molecule has 3 N–H and O–H groups in total. The molecule has 7 heteroatoms. The van der Waals surface area contributed by atoms with Gasteiger partial charge in [-0.1, -0.05) is 13.0 Å². The molecular weight excluding hydrogens is 344 g/mol. The summed E-state index contributed by atoms with van der Waals surface area (Å²) in [5.74, 6) is 0.780. The minimum Gasteiger partial charge on any atom is -0.508 e. The fourth-order valence-electron chi connectivity index (χ4n) is 5.88. The van der Waals surface area contributed by atoms with Crippen LogP contribution < -0.4 is 0 Å². The number of hydrogen-bond donors (Lipinski definition) is 3. The molecule has 2 fully saturated rings. The van der Waals surface area contributed by atoms with E-state index in [4.69, 9.17) is 8.74 Å². The molecular formula is C18H24O6S. The van der Waals surface area contributed by atoms with Crippen LogP contribution in [0.3, 0.4) is 0 Å². The van der Waals surface area contributed by atoms with Crippen LogP contribution in [-0.2, 0) is 21.0 Å². The quantitative estimate of drug-likeness (QED) is 0.693. The maximum Gasteiger partial charge on any atom is 0.397 e. The van der Waals surface area contributed by atoms with Gasteiger partial charge in [0, 0.05) is 11.8 Å². The van der Waals surface area contributed by atoms with E-state index >= 15 is 0 Å². The number of aromatic hydroxyl groups is 1. The Morgan fingerprint density at radius 1 is 1.28 bits per heavy atom. The molecule has 138 valence electrons. The van der Waals surface area contributed by atoms with Crippen molar-refractivity contribution in [3.63, 3.8) is 0 Å². The van der Waals surface area contributed by atoms with Gasteiger partial charge in [-0.2, -0.15) is 8.42 Å². The van der Waals surface area contributed by atoms with Crippen molar-refractivity contribution in [3.8, 4) is 5.75 Å². The first-order valence-corrected chi connectivity index (χ1v) is 10.2. The molecule has 0 heterocycles. The first kappa shape index (κ1) is 17.3. The molecule has 4 rings (SSSR count). The predicted octanol–water partition coefficient (Wildman–Crippen LogP) is 2.41. The van der Waals surface area contributed by atoms with Crippen LogP contribution in [0.4, 0.5) is 0 Å². The lowest BCUT2D eigenvalue weighted by molar-refractivity contribution is -0.0379. The Balaban J connectivity index is 1.68. The van der Waals surface area contributed by atoms with Gasteiger partial charge in [0.15, 0.2) is 0 Å². The summed E-state index contributed by atoms with van der Waals surface area (Å²) in [5, 5.41) is 20.4. The van der Waals surface area contributed by atoms with Gasteiger partial charge >= 0.3 is 10.4 Å². The minimum absolute atomic E-state index is 0.0556. The van der Waals surface area contributed by atoms with E-state index in [0.29, 0.717) is 5.92 Å². The molecule has 0 bridgehead atoms. The Kier molecular flexibility index (Phi) is 3.92. The van der Waals surface area contributed by atoms with E-state index < -0.39 is 28.0 Å². The highest BCUT2D eigenvalue weighted by Crippen LogP contribution is 2.61. The lowest BCUT2D eigenvalue weighted by atomic mass is 9.55. The molecule has 1 aromatic carbocycles. The average Bonchev–Trinajstić information content (AvgIpc) is 2.76. The molecule has 3 aliphatic rings. The zero-order valence-electron chi connectivity index (χ0n) is 14.1. The van der Waals surface area contributed by atoms with E-state index in [1.165, 1.54) is 11.1 Å². The molecule has 1 aromatic rings. The van der Waals surface area contributed by atoms with Gasteiger partial charge in [0.25, 0.3) is 0 Å². The number of aliphatic hydroxyl groups is 1. The van der Waals surface area contributed by atoms with Gasteiger partial charge in [0.05, 0.1) is 12.2 Å². The maximum atomic E-state index is 11.2. The van der Waals surface area contributed by atoms with Crippen molar-refractivity contribution in [1.29, 1.82) is 0 Å². The van der Waals surface area contributed by atoms with Gasteiger partial charge in [-0.05, 0) is 66.7 Å². The molecule has 0 aromatic heterocycles. The first-order valence-electron chi connectivity index (χ1n) is 8.84. The number of fused-ring (bicyclic) bond motifs is 5. The van der Waals surface area contributed by atoms with E-state index in [9.17, 15) is 18.6 Å². The Morgan fingerprint density at radius 3 is 2.76 bits per heavy atom. The van der Waals surface area contributed by atoms with Crippen LogP contribution in [0.5, 0.6) is 5.75 Å². The monoisotopic (exact) mass is 368 g/mol. The van der Waals surface area contributed by atoms with Crippen molar-refractivity contribution in [1.82, 2.24) is 0 Å². The third-order valence-corrected chi connectivity index (χ3v) is 7.33. The van der Waals surface area contributed by atoms with Gasteiger partial charge in [-0.15, -0.1) is 0 Å². The number of phenolic OH excluding ortho intramolecular Hbond substituents is 1. The number of aliphatic hydroxyl groups excluding tert-OH is 1. The number of aryl methyl sites for hydroxylation is 1. The summed E-state index contributed by atoms with van der Waals surface area (Å²) in [6.07, 6.45) is 2.26. The number of phenols is 1. The van der Waals surface area contributed by atoms with Crippen LogP contribution in [-0.4, -0.2) is 35.4 Å². The summed E-state index contributed by atoms with van der Waals surface area (Å²) >= 11 is 0. The Bertz CT molecular complexity index is 791. The summed E-state index contributed by atoms with van der Waals surface area (Å²) in [6.45, 7) is 1.98. The maximum absolute atomic E-state index is 11.2. The summed E-state index contributed by atoms with van der Waals surface area (Å²) in [5.41, 5.74) is 1.94. The fourth-order valence-corrected chi connectivity index (χ4v) is 6.47. The molecule has 0 saturated heterocycles. The third-order valence-electron chi connectivity index (χ3n) is 6.85. The second kappa shape index (κ2) is 5.67. The number of rotatable bonds is 2. The van der Waals surface area contributed by atoms with E-state index in [-0.39, 0.29) is 24.0 Å². The molecule has 0 amide bonds. The van der Waals surface area contributed by atoms with Crippen molar-refractivity contribution >= 4 is 10.4 Å². The first-order chi connectivity index (χ1) is 11.7. The summed E-state index contributed by atoms with van der Waals surface area (Å²) in [7, 11) is -4.54. The molecule has 0 aliphatic heterocycles. The van der Waals surface area contributed by atoms with Crippen molar-refractivity contribution in [2.24, 2.45) is 17.3 Å². The Labute approximate surface area is 147 Å². The number of benzene rings is 1. The van der Waals surface area contributed by atoms with Gasteiger partial charge in [0.1, 0.15) is 5.75 Å². The van der Waals surface area contributed by atoms with Crippen LogP contribution in [0.25, 0.3) is 0 Å². The van der Waals surface area contributed by atoms with Crippen LogP contribution >= 0.6 is 0 Å². The van der Waals surface area contributed by atoms with E-state index in [1.807, 2.05) is 19.1 Å². The normalized spacial score (nSPS) is 40.2. The summed E-state index contributed by atoms with van der Waals surface area (Å²) < 4.78 is 36.5. The average molecular weight is 368 g/mol. The molecule has 0 unspecified atom stereocenters. The molecule has 3 aliphatic carbocycles.